The van der Waals surface area contributed by atoms with Crippen LogP contribution in [0.15, 0.2) is 42.5 Å². The molecule has 0 unspecified atom stereocenters. The van der Waals surface area contributed by atoms with Gasteiger partial charge in [0.1, 0.15) is 0 Å². The van der Waals surface area contributed by atoms with E-state index < -0.39 is 0 Å². The Morgan fingerprint density at radius 2 is 1.81 bits per heavy atom. The first-order chi connectivity index (χ1) is 7.83. The van der Waals surface area contributed by atoms with Gasteiger partial charge < -0.3 is 5.32 Å². The highest BCUT2D eigenvalue weighted by Gasteiger charge is 2.23. The Balaban J connectivity index is 1.91. The first-order valence-electron chi connectivity index (χ1n) is 6.08. The Bertz CT molecular complexity index is 500. The molecule has 1 atom stereocenters. The fourth-order valence-electron chi connectivity index (χ4n) is 2.18. The molecule has 82 valence electrons. The predicted octanol–water partition coefficient (Wildman–Crippen LogP) is 3.65. The van der Waals surface area contributed by atoms with Crippen molar-refractivity contribution in [3.63, 3.8) is 0 Å². The Morgan fingerprint density at radius 3 is 2.56 bits per heavy atom. The fourth-order valence-corrected chi connectivity index (χ4v) is 2.18. The second-order valence-electron chi connectivity index (χ2n) is 4.77. The molecule has 16 heavy (non-hydrogen) atoms. The first-order valence-corrected chi connectivity index (χ1v) is 6.08. The highest BCUT2D eigenvalue weighted by atomic mass is 15.0. The summed E-state index contributed by atoms with van der Waals surface area (Å²) in [6, 6.07) is 16.5. The molecule has 1 N–H and O–H groups in total. The van der Waals surface area contributed by atoms with Crippen LogP contribution in [-0.2, 0) is 0 Å². The minimum Gasteiger partial charge on any atom is -0.307 e. The fraction of sp³-hybridized carbons (Fsp3) is 0.333. The Morgan fingerprint density at radius 1 is 1.06 bits per heavy atom. The number of hydrogen-bond donors (Lipinski definition) is 1. The van der Waals surface area contributed by atoms with Crippen LogP contribution in [-0.4, -0.2) is 6.04 Å². The summed E-state index contributed by atoms with van der Waals surface area (Å²) >= 11 is 0. The average molecular weight is 211 g/mol. The van der Waals surface area contributed by atoms with Gasteiger partial charge >= 0.3 is 0 Å². The summed E-state index contributed by atoms with van der Waals surface area (Å²) < 4.78 is 0. The largest absolute Gasteiger partial charge is 0.307 e. The van der Waals surface area contributed by atoms with E-state index in [4.69, 9.17) is 0 Å². The van der Waals surface area contributed by atoms with Crippen molar-refractivity contribution < 1.29 is 0 Å². The van der Waals surface area contributed by atoms with Crippen molar-refractivity contribution in [3.8, 4) is 0 Å². The zero-order chi connectivity index (χ0) is 11.0. The molecule has 0 aromatic heterocycles. The molecule has 0 radical (unpaired) electrons. The average Bonchev–Trinajstić information content (AvgIpc) is 3.12. The molecule has 0 amide bonds. The van der Waals surface area contributed by atoms with E-state index in [1.54, 1.807) is 0 Å². The summed E-state index contributed by atoms with van der Waals surface area (Å²) in [7, 11) is 0. The highest BCUT2D eigenvalue weighted by Crippen LogP contribution is 2.25. The maximum absolute atomic E-state index is 3.63. The quantitative estimate of drug-likeness (QED) is 0.817. The third-order valence-electron chi connectivity index (χ3n) is 3.34. The summed E-state index contributed by atoms with van der Waals surface area (Å²) in [5, 5.41) is 6.30. The molecule has 1 aliphatic rings. The lowest BCUT2D eigenvalue weighted by Gasteiger charge is -2.14. The Labute approximate surface area is 96.5 Å². The van der Waals surface area contributed by atoms with Gasteiger partial charge in [0.25, 0.3) is 0 Å². The van der Waals surface area contributed by atoms with Crippen molar-refractivity contribution in [2.75, 3.05) is 0 Å². The summed E-state index contributed by atoms with van der Waals surface area (Å²) in [6.07, 6.45) is 2.69. The maximum atomic E-state index is 3.63. The van der Waals surface area contributed by atoms with Gasteiger partial charge in [-0.2, -0.15) is 0 Å². The number of rotatable bonds is 3. The molecule has 1 fully saturated rings. The van der Waals surface area contributed by atoms with Crippen molar-refractivity contribution in [3.05, 3.63) is 48.0 Å². The van der Waals surface area contributed by atoms with Crippen molar-refractivity contribution in [1.29, 1.82) is 0 Å². The van der Waals surface area contributed by atoms with Crippen molar-refractivity contribution in [2.45, 2.75) is 31.8 Å². The van der Waals surface area contributed by atoms with Crippen molar-refractivity contribution in [1.82, 2.24) is 5.32 Å². The molecule has 2 aromatic carbocycles. The molecule has 2 aromatic rings. The van der Waals surface area contributed by atoms with Gasteiger partial charge in [-0.25, -0.2) is 0 Å². The molecule has 3 rings (SSSR count). The lowest BCUT2D eigenvalue weighted by atomic mass is 10.0. The zero-order valence-corrected chi connectivity index (χ0v) is 9.61. The summed E-state index contributed by atoms with van der Waals surface area (Å²) in [4.78, 5) is 0. The number of hydrogen-bond acceptors (Lipinski definition) is 1. The van der Waals surface area contributed by atoms with Gasteiger partial charge in [0.05, 0.1) is 0 Å². The van der Waals surface area contributed by atoms with Crippen LogP contribution in [0.3, 0.4) is 0 Å². The van der Waals surface area contributed by atoms with Gasteiger partial charge in [0.15, 0.2) is 0 Å². The predicted molar refractivity (Wildman–Crippen MR) is 68.5 cm³/mol. The van der Waals surface area contributed by atoms with Gasteiger partial charge in [-0.1, -0.05) is 36.4 Å². The van der Waals surface area contributed by atoms with E-state index >= 15 is 0 Å². The monoisotopic (exact) mass is 211 g/mol. The van der Waals surface area contributed by atoms with Crippen LogP contribution in [0.5, 0.6) is 0 Å². The molecule has 0 bridgehead atoms. The molecular formula is C15H17N. The third kappa shape index (κ3) is 1.96. The molecule has 0 aliphatic heterocycles. The second-order valence-corrected chi connectivity index (χ2v) is 4.77. The molecule has 1 nitrogen and oxygen atoms in total. The second kappa shape index (κ2) is 3.91. The molecule has 0 heterocycles. The molecule has 1 saturated carbocycles. The van der Waals surface area contributed by atoms with E-state index in [-0.39, 0.29) is 0 Å². The van der Waals surface area contributed by atoms with Crippen LogP contribution in [0.25, 0.3) is 10.8 Å². The van der Waals surface area contributed by atoms with Crippen LogP contribution in [0.1, 0.15) is 31.4 Å². The van der Waals surface area contributed by atoms with E-state index in [0.29, 0.717) is 6.04 Å². The van der Waals surface area contributed by atoms with E-state index in [9.17, 15) is 0 Å². The van der Waals surface area contributed by atoms with Gasteiger partial charge in [0, 0.05) is 12.1 Å². The van der Waals surface area contributed by atoms with Gasteiger partial charge in [-0.3, -0.25) is 0 Å². The van der Waals surface area contributed by atoms with Crippen LogP contribution in [0.2, 0.25) is 0 Å². The maximum Gasteiger partial charge on any atom is 0.0294 e. The standard InChI is InChI=1S/C15H17N/c1-11(16-15-8-9-15)13-7-6-12-4-2-3-5-14(12)10-13/h2-7,10-11,15-16H,8-9H2,1H3/t11-/m1/s1. The molecule has 1 aliphatic carbocycles. The zero-order valence-electron chi connectivity index (χ0n) is 9.61. The molecular weight excluding hydrogens is 194 g/mol. The van der Waals surface area contributed by atoms with Gasteiger partial charge in [-0.05, 0) is 42.2 Å². The summed E-state index contributed by atoms with van der Waals surface area (Å²) in [5.41, 5.74) is 1.39. The highest BCUT2D eigenvalue weighted by molar-refractivity contribution is 5.83. The summed E-state index contributed by atoms with van der Waals surface area (Å²) in [5.74, 6) is 0. The minimum atomic E-state index is 0.470. The van der Waals surface area contributed by atoms with Crippen LogP contribution < -0.4 is 5.32 Å². The van der Waals surface area contributed by atoms with Crippen molar-refractivity contribution >= 4 is 10.8 Å². The SMILES string of the molecule is C[C@@H](NC1CC1)c1ccc2ccccc2c1. The third-order valence-corrected chi connectivity index (χ3v) is 3.34. The van der Waals surface area contributed by atoms with Crippen LogP contribution >= 0.6 is 0 Å². The Hall–Kier alpha value is -1.34. The topological polar surface area (TPSA) is 12.0 Å². The molecule has 0 saturated heterocycles. The lowest BCUT2D eigenvalue weighted by molar-refractivity contribution is 0.571. The van der Waals surface area contributed by atoms with E-state index in [0.717, 1.165) is 6.04 Å². The van der Waals surface area contributed by atoms with Gasteiger partial charge in [-0.15, -0.1) is 0 Å². The number of nitrogens with one attached hydrogen (secondary N) is 1. The first kappa shape index (κ1) is 9.86. The van der Waals surface area contributed by atoms with E-state index in [1.807, 2.05) is 0 Å². The van der Waals surface area contributed by atoms with E-state index in [2.05, 4.69) is 54.7 Å². The Kier molecular flexibility index (Phi) is 2.41. The molecule has 0 spiro atoms. The summed E-state index contributed by atoms with van der Waals surface area (Å²) in [6.45, 7) is 2.25. The number of fused-ring (bicyclic) bond motifs is 1. The van der Waals surface area contributed by atoms with Crippen molar-refractivity contribution in [2.24, 2.45) is 0 Å². The molecule has 1 heteroatoms. The smallest absolute Gasteiger partial charge is 0.0294 e. The normalized spacial score (nSPS) is 17.6. The van der Waals surface area contributed by atoms with Gasteiger partial charge in [0.2, 0.25) is 0 Å². The number of benzene rings is 2. The van der Waals surface area contributed by atoms with Crippen LogP contribution in [0, 0.1) is 0 Å². The lowest BCUT2D eigenvalue weighted by Crippen LogP contribution is -2.20. The van der Waals surface area contributed by atoms with Crippen LogP contribution in [0.4, 0.5) is 0 Å². The van der Waals surface area contributed by atoms with E-state index in [1.165, 1.54) is 29.2 Å². The minimum absolute atomic E-state index is 0.470.